The molecule has 7 heteroatoms. The van der Waals surface area contributed by atoms with Gasteiger partial charge in [0.25, 0.3) is 0 Å². The number of esters is 2. The summed E-state index contributed by atoms with van der Waals surface area (Å²) in [5.74, 6) is -0.00668. The summed E-state index contributed by atoms with van der Waals surface area (Å²) in [7, 11) is 1.34. The van der Waals surface area contributed by atoms with E-state index in [1.165, 1.54) is 7.11 Å². The van der Waals surface area contributed by atoms with Crippen LogP contribution >= 0.6 is 0 Å². The molecule has 1 aromatic heterocycles. The summed E-state index contributed by atoms with van der Waals surface area (Å²) in [5.41, 5.74) is 4.07. The highest BCUT2D eigenvalue weighted by Crippen LogP contribution is 2.20. The first-order valence-electron chi connectivity index (χ1n) is 6.99. The molecule has 0 aliphatic heterocycles. The van der Waals surface area contributed by atoms with E-state index < -0.39 is 5.97 Å². The Balaban J connectivity index is 3.00. The number of aromatic nitrogens is 2. The Morgan fingerprint density at radius 3 is 2.57 bits per heavy atom. The van der Waals surface area contributed by atoms with Crippen molar-refractivity contribution in [3.8, 4) is 0 Å². The van der Waals surface area contributed by atoms with Gasteiger partial charge in [0.05, 0.1) is 25.8 Å². The number of imidazole rings is 1. The molecular formula is C14H23N3O4. The molecule has 0 unspecified atom stereocenters. The average molecular weight is 297 g/mol. The lowest BCUT2D eigenvalue weighted by Gasteiger charge is -2.13. The van der Waals surface area contributed by atoms with Gasteiger partial charge in [-0.3, -0.25) is 4.79 Å². The van der Waals surface area contributed by atoms with Gasteiger partial charge in [-0.1, -0.05) is 13.8 Å². The van der Waals surface area contributed by atoms with E-state index in [0.717, 1.165) is 0 Å². The SMILES string of the molecule is CCOC(=O)c1c(C(C)C)nc(C)n1NCCC(=O)OC. The molecule has 0 aliphatic carbocycles. The molecule has 0 atom stereocenters. The maximum atomic E-state index is 12.1. The van der Waals surface area contributed by atoms with Gasteiger partial charge in [0.2, 0.25) is 0 Å². The number of carbonyl (C=O) groups excluding carboxylic acids is 2. The highest BCUT2D eigenvalue weighted by Gasteiger charge is 2.24. The topological polar surface area (TPSA) is 82.5 Å². The van der Waals surface area contributed by atoms with Gasteiger partial charge in [0.15, 0.2) is 5.69 Å². The number of hydrogen-bond acceptors (Lipinski definition) is 6. The Hall–Kier alpha value is -2.05. The van der Waals surface area contributed by atoms with Crippen molar-refractivity contribution in [1.82, 2.24) is 9.66 Å². The predicted molar refractivity (Wildman–Crippen MR) is 77.9 cm³/mol. The lowest BCUT2D eigenvalue weighted by molar-refractivity contribution is -0.140. The summed E-state index contributed by atoms with van der Waals surface area (Å²) < 4.78 is 11.3. The molecule has 0 fully saturated rings. The van der Waals surface area contributed by atoms with Crippen LogP contribution in [-0.2, 0) is 14.3 Å². The third kappa shape index (κ3) is 4.21. The molecule has 1 heterocycles. The molecule has 1 N–H and O–H groups in total. The average Bonchev–Trinajstić information content (AvgIpc) is 2.76. The summed E-state index contributed by atoms with van der Waals surface area (Å²) in [6, 6.07) is 0. The summed E-state index contributed by atoms with van der Waals surface area (Å²) in [6.45, 7) is 8.11. The zero-order valence-electron chi connectivity index (χ0n) is 13.2. The minimum Gasteiger partial charge on any atom is -0.469 e. The molecule has 0 saturated carbocycles. The lowest BCUT2D eigenvalue weighted by Crippen LogP contribution is -2.25. The Bertz CT molecular complexity index is 509. The molecule has 0 spiro atoms. The maximum Gasteiger partial charge on any atom is 0.358 e. The lowest BCUT2D eigenvalue weighted by atomic mass is 10.1. The minimum absolute atomic E-state index is 0.0896. The molecular weight excluding hydrogens is 274 g/mol. The molecule has 0 bridgehead atoms. The zero-order chi connectivity index (χ0) is 16.0. The third-order valence-electron chi connectivity index (χ3n) is 2.91. The Morgan fingerprint density at radius 1 is 1.38 bits per heavy atom. The summed E-state index contributed by atoms with van der Waals surface area (Å²) >= 11 is 0. The van der Waals surface area contributed by atoms with Crippen molar-refractivity contribution in [2.75, 3.05) is 25.7 Å². The first-order valence-corrected chi connectivity index (χ1v) is 6.99. The van der Waals surface area contributed by atoms with Gasteiger partial charge in [-0.05, 0) is 19.8 Å². The summed E-state index contributed by atoms with van der Waals surface area (Å²) in [5, 5.41) is 0. The van der Waals surface area contributed by atoms with Crippen molar-refractivity contribution in [2.45, 2.75) is 40.0 Å². The van der Waals surface area contributed by atoms with Crippen LogP contribution in [-0.4, -0.2) is 41.9 Å². The smallest absolute Gasteiger partial charge is 0.358 e. The van der Waals surface area contributed by atoms with Gasteiger partial charge in [0.1, 0.15) is 5.82 Å². The molecule has 0 saturated heterocycles. The third-order valence-corrected chi connectivity index (χ3v) is 2.91. The normalized spacial score (nSPS) is 10.6. The second-order valence-corrected chi connectivity index (χ2v) is 4.84. The monoisotopic (exact) mass is 297 g/mol. The fraction of sp³-hybridized carbons (Fsp3) is 0.643. The first-order chi connectivity index (χ1) is 9.92. The van der Waals surface area contributed by atoms with Gasteiger partial charge < -0.3 is 14.9 Å². The Morgan fingerprint density at radius 2 is 2.05 bits per heavy atom. The molecule has 0 amide bonds. The van der Waals surface area contributed by atoms with Crippen LogP contribution in [0.25, 0.3) is 0 Å². The second kappa shape index (κ2) is 7.66. The molecule has 7 nitrogen and oxygen atoms in total. The second-order valence-electron chi connectivity index (χ2n) is 4.84. The van der Waals surface area contributed by atoms with Gasteiger partial charge in [-0.25, -0.2) is 14.5 Å². The van der Waals surface area contributed by atoms with Crippen molar-refractivity contribution < 1.29 is 19.1 Å². The van der Waals surface area contributed by atoms with Crippen LogP contribution in [0.5, 0.6) is 0 Å². The molecule has 0 aromatic carbocycles. The fourth-order valence-corrected chi connectivity index (χ4v) is 1.92. The van der Waals surface area contributed by atoms with E-state index in [2.05, 4.69) is 15.1 Å². The van der Waals surface area contributed by atoms with Crippen molar-refractivity contribution in [2.24, 2.45) is 0 Å². The van der Waals surface area contributed by atoms with Crippen molar-refractivity contribution in [3.63, 3.8) is 0 Å². The van der Waals surface area contributed by atoms with Crippen molar-refractivity contribution >= 4 is 11.9 Å². The van der Waals surface area contributed by atoms with Gasteiger partial charge >= 0.3 is 11.9 Å². The molecule has 118 valence electrons. The highest BCUT2D eigenvalue weighted by atomic mass is 16.5. The standard InChI is InChI=1S/C14H23N3O4/c1-6-21-14(19)13-12(9(2)3)16-10(4)17(13)15-8-7-11(18)20-5/h9,15H,6-8H2,1-5H3. The van der Waals surface area contributed by atoms with Crippen LogP contribution in [0.15, 0.2) is 0 Å². The van der Waals surface area contributed by atoms with Crippen molar-refractivity contribution in [1.29, 1.82) is 0 Å². The van der Waals surface area contributed by atoms with Gasteiger partial charge in [-0.15, -0.1) is 0 Å². The molecule has 1 aromatic rings. The van der Waals surface area contributed by atoms with Crippen LogP contribution in [0, 0.1) is 6.92 Å². The Kier molecular flexibility index (Phi) is 6.20. The minimum atomic E-state index is -0.424. The number of aryl methyl sites for hydroxylation is 1. The van der Waals surface area contributed by atoms with E-state index in [0.29, 0.717) is 30.4 Å². The molecule has 21 heavy (non-hydrogen) atoms. The van der Waals surface area contributed by atoms with Crippen LogP contribution < -0.4 is 5.43 Å². The number of ether oxygens (including phenoxy) is 2. The van der Waals surface area contributed by atoms with Gasteiger partial charge in [-0.2, -0.15) is 0 Å². The van der Waals surface area contributed by atoms with E-state index in [1.54, 1.807) is 18.5 Å². The number of nitrogens with zero attached hydrogens (tertiary/aromatic N) is 2. The van der Waals surface area contributed by atoms with Crippen LogP contribution in [0.4, 0.5) is 0 Å². The van der Waals surface area contributed by atoms with Crippen LogP contribution in [0.2, 0.25) is 0 Å². The molecule has 1 rings (SSSR count). The zero-order valence-corrected chi connectivity index (χ0v) is 13.2. The summed E-state index contributed by atoms with van der Waals surface area (Å²) in [6.07, 6.45) is 0.202. The number of rotatable bonds is 7. The highest BCUT2D eigenvalue weighted by molar-refractivity contribution is 5.89. The van der Waals surface area contributed by atoms with Gasteiger partial charge in [0, 0.05) is 6.54 Å². The Labute approximate surface area is 124 Å². The summed E-state index contributed by atoms with van der Waals surface area (Å²) in [4.78, 5) is 27.7. The number of methoxy groups -OCH3 is 1. The number of hydrogen-bond donors (Lipinski definition) is 1. The fourth-order valence-electron chi connectivity index (χ4n) is 1.92. The quantitative estimate of drug-likeness (QED) is 0.770. The maximum absolute atomic E-state index is 12.1. The van der Waals surface area contributed by atoms with E-state index in [-0.39, 0.29) is 18.3 Å². The first kappa shape index (κ1) is 17.0. The van der Waals surface area contributed by atoms with Crippen molar-refractivity contribution in [3.05, 3.63) is 17.2 Å². The molecule has 0 radical (unpaired) electrons. The van der Waals surface area contributed by atoms with Crippen LogP contribution in [0.3, 0.4) is 0 Å². The van der Waals surface area contributed by atoms with E-state index in [4.69, 9.17) is 4.74 Å². The predicted octanol–water partition coefficient (Wildman–Crippen LogP) is 1.60. The number of nitrogens with one attached hydrogen (secondary N) is 1. The van der Waals surface area contributed by atoms with E-state index in [9.17, 15) is 9.59 Å². The number of carbonyl (C=O) groups is 2. The molecule has 0 aliphatic rings. The largest absolute Gasteiger partial charge is 0.469 e. The van der Waals surface area contributed by atoms with E-state index >= 15 is 0 Å². The van der Waals surface area contributed by atoms with Crippen LogP contribution in [0.1, 0.15) is 55.1 Å². The van der Waals surface area contributed by atoms with E-state index in [1.807, 2.05) is 13.8 Å².